The Hall–Kier alpha value is -1.39. The summed E-state index contributed by atoms with van der Waals surface area (Å²) in [5, 5.41) is 3.29. The van der Waals surface area contributed by atoms with Crippen LogP contribution < -0.4 is 10.1 Å². The molecule has 20 heavy (non-hydrogen) atoms. The molecule has 2 nitrogen and oxygen atoms in total. The third kappa shape index (κ3) is 3.81. The molecule has 1 aliphatic carbocycles. The molecule has 1 fully saturated rings. The average Bonchev–Trinajstić information content (AvgIpc) is 2.36. The van der Waals surface area contributed by atoms with Crippen molar-refractivity contribution in [1.29, 1.82) is 0 Å². The molecule has 0 aromatic heterocycles. The summed E-state index contributed by atoms with van der Waals surface area (Å²) in [5.74, 6) is 0.0448. The summed E-state index contributed by atoms with van der Waals surface area (Å²) in [6, 6.07) is 4.32. The third-order valence-electron chi connectivity index (χ3n) is 3.93. The van der Waals surface area contributed by atoms with E-state index in [2.05, 4.69) is 23.9 Å². The molecule has 0 saturated heterocycles. The lowest BCUT2D eigenvalue weighted by atomic mass is 9.80. The molecule has 0 heterocycles. The monoisotopic (exact) mass is 287 g/mol. The van der Waals surface area contributed by atoms with Crippen LogP contribution in [0.2, 0.25) is 0 Å². The first-order chi connectivity index (χ1) is 9.45. The van der Waals surface area contributed by atoms with Crippen LogP contribution in [0.25, 0.3) is 0 Å². The van der Waals surface area contributed by atoms with Crippen molar-refractivity contribution >= 4 is 5.69 Å². The Balaban J connectivity index is 2.01. The minimum absolute atomic E-state index is 0.299. The van der Waals surface area contributed by atoms with Gasteiger partial charge in [-0.2, -0.15) is 8.78 Å². The Kier molecular flexibility index (Phi) is 4.78. The highest BCUT2D eigenvalue weighted by Crippen LogP contribution is 2.31. The zero-order valence-corrected chi connectivity index (χ0v) is 11.7. The summed E-state index contributed by atoms with van der Waals surface area (Å²) in [7, 11) is 0. The molecule has 0 radical (unpaired) electrons. The van der Waals surface area contributed by atoms with Crippen LogP contribution in [0.5, 0.6) is 5.75 Å². The lowest BCUT2D eigenvalue weighted by Gasteiger charge is -2.33. The number of rotatable bonds is 4. The topological polar surface area (TPSA) is 21.3 Å². The molecule has 1 aliphatic rings. The van der Waals surface area contributed by atoms with E-state index in [-0.39, 0.29) is 0 Å². The fraction of sp³-hybridized carbons (Fsp3) is 0.600. The first kappa shape index (κ1) is 15.0. The van der Waals surface area contributed by atoms with Crippen LogP contribution in [0, 0.1) is 17.7 Å². The fourth-order valence-corrected chi connectivity index (χ4v) is 2.88. The quantitative estimate of drug-likeness (QED) is 0.869. The molecule has 0 bridgehead atoms. The Morgan fingerprint density at radius 3 is 2.60 bits per heavy atom. The number of halogens is 3. The van der Waals surface area contributed by atoms with Crippen LogP contribution in [0.3, 0.4) is 0 Å². The molecule has 0 amide bonds. The van der Waals surface area contributed by atoms with Crippen molar-refractivity contribution in [2.24, 2.45) is 11.8 Å². The molecule has 2 rings (SSSR count). The van der Waals surface area contributed by atoms with Gasteiger partial charge in [-0.15, -0.1) is 0 Å². The van der Waals surface area contributed by atoms with Crippen molar-refractivity contribution in [3.8, 4) is 5.75 Å². The highest BCUT2D eigenvalue weighted by molar-refractivity contribution is 5.48. The van der Waals surface area contributed by atoms with Crippen LogP contribution in [0.4, 0.5) is 18.9 Å². The summed E-state index contributed by atoms with van der Waals surface area (Å²) in [6.07, 6.45) is 3.34. The van der Waals surface area contributed by atoms with E-state index in [4.69, 9.17) is 0 Å². The Labute approximate surface area is 117 Å². The minimum atomic E-state index is -3.01. The first-order valence-corrected chi connectivity index (χ1v) is 6.96. The van der Waals surface area contributed by atoms with Gasteiger partial charge in [0.1, 0.15) is 0 Å². The highest BCUT2D eigenvalue weighted by atomic mass is 19.3. The number of anilines is 1. The van der Waals surface area contributed by atoms with Crippen LogP contribution >= 0.6 is 0 Å². The summed E-state index contributed by atoms with van der Waals surface area (Å²) in [4.78, 5) is 0. The fourth-order valence-electron chi connectivity index (χ4n) is 2.88. The van der Waals surface area contributed by atoms with Crippen LogP contribution in [0.15, 0.2) is 18.2 Å². The van der Waals surface area contributed by atoms with Crippen LogP contribution in [0.1, 0.15) is 33.1 Å². The normalized spacial score (nSPS) is 26.6. The van der Waals surface area contributed by atoms with Crippen molar-refractivity contribution in [3.63, 3.8) is 0 Å². The van der Waals surface area contributed by atoms with Gasteiger partial charge in [-0.3, -0.25) is 0 Å². The Morgan fingerprint density at radius 2 is 2.00 bits per heavy atom. The van der Waals surface area contributed by atoms with Gasteiger partial charge in [-0.1, -0.05) is 13.8 Å². The van der Waals surface area contributed by atoms with E-state index in [0.29, 0.717) is 17.6 Å². The van der Waals surface area contributed by atoms with Gasteiger partial charge in [-0.05, 0) is 43.2 Å². The number of benzene rings is 1. The van der Waals surface area contributed by atoms with Gasteiger partial charge in [0.05, 0.1) is 0 Å². The first-order valence-electron chi connectivity index (χ1n) is 6.96. The van der Waals surface area contributed by atoms with Gasteiger partial charge in [0, 0.05) is 17.8 Å². The molecule has 0 aliphatic heterocycles. The van der Waals surface area contributed by atoms with E-state index in [1.54, 1.807) is 6.07 Å². The second-order valence-electron chi connectivity index (χ2n) is 5.67. The molecule has 1 N–H and O–H groups in total. The van der Waals surface area contributed by atoms with Gasteiger partial charge in [-0.25, -0.2) is 4.39 Å². The Morgan fingerprint density at radius 1 is 1.25 bits per heavy atom. The molecule has 0 spiro atoms. The largest absolute Gasteiger partial charge is 0.432 e. The van der Waals surface area contributed by atoms with Crippen LogP contribution in [-0.2, 0) is 0 Å². The van der Waals surface area contributed by atoms with Gasteiger partial charge < -0.3 is 10.1 Å². The van der Waals surface area contributed by atoms with E-state index in [1.807, 2.05) is 0 Å². The maximum absolute atomic E-state index is 13.6. The second kappa shape index (κ2) is 6.37. The van der Waals surface area contributed by atoms with Gasteiger partial charge in [0.15, 0.2) is 11.6 Å². The predicted molar refractivity (Wildman–Crippen MR) is 72.6 cm³/mol. The van der Waals surface area contributed by atoms with E-state index in [0.717, 1.165) is 25.2 Å². The van der Waals surface area contributed by atoms with Gasteiger partial charge >= 0.3 is 6.61 Å². The molecule has 5 heteroatoms. The lowest BCUT2D eigenvalue weighted by Crippen LogP contribution is -2.33. The SMILES string of the molecule is CC1CCC(Nc2ccc(OC(F)F)c(F)c2)C(C)C1. The summed E-state index contributed by atoms with van der Waals surface area (Å²) < 4.78 is 41.8. The van der Waals surface area contributed by atoms with Crippen molar-refractivity contribution < 1.29 is 17.9 Å². The third-order valence-corrected chi connectivity index (χ3v) is 3.93. The van der Waals surface area contributed by atoms with Crippen molar-refractivity contribution in [2.75, 3.05) is 5.32 Å². The number of nitrogens with one attached hydrogen (secondary N) is 1. The summed E-state index contributed by atoms with van der Waals surface area (Å²) in [5.41, 5.74) is 0.607. The molecular formula is C15H20F3NO. The van der Waals surface area contributed by atoms with E-state index in [9.17, 15) is 13.2 Å². The molecule has 3 unspecified atom stereocenters. The lowest BCUT2D eigenvalue weighted by molar-refractivity contribution is -0.0521. The molecule has 1 saturated carbocycles. The number of ether oxygens (including phenoxy) is 1. The zero-order valence-electron chi connectivity index (χ0n) is 11.7. The number of hydrogen-bond acceptors (Lipinski definition) is 2. The van der Waals surface area contributed by atoms with Gasteiger partial charge in [0.2, 0.25) is 0 Å². The highest BCUT2D eigenvalue weighted by Gasteiger charge is 2.25. The molecular weight excluding hydrogens is 267 g/mol. The average molecular weight is 287 g/mol. The number of hydrogen-bond donors (Lipinski definition) is 1. The van der Waals surface area contributed by atoms with E-state index in [1.165, 1.54) is 12.1 Å². The summed E-state index contributed by atoms with van der Waals surface area (Å²) >= 11 is 0. The maximum Gasteiger partial charge on any atom is 0.387 e. The zero-order chi connectivity index (χ0) is 14.7. The summed E-state index contributed by atoms with van der Waals surface area (Å²) in [6.45, 7) is 1.41. The smallest absolute Gasteiger partial charge is 0.387 e. The van der Waals surface area contributed by atoms with Crippen molar-refractivity contribution in [2.45, 2.75) is 45.8 Å². The van der Waals surface area contributed by atoms with Crippen molar-refractivity contribution in [3.05, 3.63) is 24.0 Å². The minimum Gasteiger partial charge on any atom is -0.432 e. The van der Waals surface area contributed by atoms with E-state index < -0.39 is 18.2 Å². The van der Waals surface area contributed by atoms with E-state index >= 15 is 0 Å². The van der Waals surface area contributed by atoms with Gasteiger partial charge in [0.25, 0.3) is 0 Å². The molecule has 112 valence electrons. The predicted octanol–water partition coefficient (Wildman–Crippen LogP) is 4.66. The standard InChI is InChI=1S/C15H20F3NO/c1-9-3-5-13(10(2)7-9)19-11-4-6-14(12(16)8-11)20-15(17)18/h4,6,8-10,13,15,19H,3,5,7H2,1-2H3. The van der Waals surface area contributed by atoms with Crippen molar-refractivity contribution in [1.82, 2.24) is 0 Å². The molecule has 1 aromatic carbocycles. The van der Waals surface area contributed by atoms with Crippen LogP contribution in [-0.4, -0.2) is 12.7 Å². The number of alkyl halides is 2. The Bertz CT molecular complexity index is 453. The maximum atomic E-state index is 13.6. The molecule has 1 aromatic rings. The second-order valence-corrected chi connectivity index (χ2v) is 5.67. The molecule has 3 atom stereocenters.